The molecule has 4 aliphatic carbocycles. The first-order valence-corrected chi connectivity index (χ1v) is 8.26. The number of carboxylic acid groups (broad SMARTS) is 2. The summed E-state index contributed by atoms with van der Waals surface area (Å²) in [6, 6.07) is 0. The largest absolute Gasteiger partial charge is 1.00 e. The van der Waals surface area contributed by atoms with Crippen molar-refractivity contribution in [2.24, 2.45) is 23.7 Å². The van der Waals surface area contributed by atoms with Gasteiger partial charge in [0.2, 0.25) is 0 Å². The topological polar surface area (TPSA) is 89.5 Å². The van der Waals surface area contributed by atoms with Crippen LogP contribution in [0.4, 0.5) is 4.39 Å². The fraction of sp³-hybridized carbons (Fsp3) is 0.765. The number of carbonyl (C=O) groups is 2. The third-order valence-corrected chi connectivity index (χ3v) is 5.84. The maximum absolute atomic E-state index is 13.8. The van der Waals surface area contributed by atoms with Crippen LogP contribution in [0.2, 0.25) is 0 Å². The van der Waals surface area contributed by atoms with Crippen LogP contribution in [0.15, 0.2) is 11.3 Å². The van der Waals surface area contributed by atoms with Gasteiger partial charge in [-0.2, -0.15) is 0 Å². The van der Waals surface area contributed by atoms with Gasteiger partial charge in [-0.1, -0.05) is 0 Å². The number of hydrogen-bond acceptors (Lipinski definition) is 5. The molecule has 4 fully saturated rings. The third-order valence-electron chi connectivity index (χ3n) is 5.84. The first-order valence-electron chi connectivity index (χ1n) is 8.26. The minimum absolute atomic E-state index is 0. The van der Waals surface area contributed by atoms with E-state index in [1.165, 1.54) is 37.7 Å². The summed E-state index contributed by atoms with van der Waals surface area (Å²) in [5, 5.41) is 21.3. The molecular formula is C17H21FNa2O5. The first-order chi connectivity index (χ1) is 10.8. The van der Waals surface area contributed by atoms with Gasteiger partial charge in [-0.3, -0.25) is 0 Å². The predicted molar refractivity (Wildman–Crippen MR) is 74.2 cm³/mol. The fourth-order valence-corrected chi connectivity index (χ4v) is 4.98. The summed E-state index contributed by atoms with van der Waals surface area (Å²) in [4.78, 5) is 21.3. The molecule has 0 heterocycles. The molecule has 8 heteroatoms. The molecule has 4 rings (SSSR count). The Bertz CT molecular complexity index is 519. The first kappa shape index (κ1) is 23.4. The van der Waals surface area contributed by atoms with E-state index in [2.05, 4.69) is 0 Å². The van der Waals surface area contributed by atoms with Gasteiger partial charge in [-0.05, 0) is 68.3 Å². The Balaban J connectivity index is 0.00000156. The molecule has 0 aromatic carbocycles. The maximum atomic E-state index is 13.8. The molecule has 0 amide bonds. The van der Waals surface area contributed by atoms with Gasteiger partial charge in [-0.15, -0.1) is 0 Å². The van der Waals surface area contributed by atoms with Crippen molar-refractivity contribution in [3.63, 3.8) is 0 Å². The van der Waals surface area contributed by atoms with Crippen molar-refractivity contribution >= 4 is 11.9 Å². The molecule has 25 heavy (non-hydrogen) atoms. The quantitative estimate of drug-likeness (QED) is 0.264. The number of halogens is 1. The van der Waals surface area contributed by atoms with E-state index in [9.17, 15) is 24.2 Å². The summed E-state index contributed by atoms with van der Waals surface area (Å²) in [5.41, 5.74) is -2.22. The van der Waals surface area contributed by atoms with E-state index in [-0.39, 0.29) is 65.7 Å². The Labute approximate surface area is 191 Å². The summed E-state index contributed by atoms with van der Waals surface area (Å²) in [7, 11) is 0. The molecule has 128 valence electrons. The Morgan fingerprint density at radius 1 is 1.04 bits per heavy atom. The number of hydrogen-bond donors (Lipinski definition) is 0. The smallest absolute Gasteiger partial charge is 0.546 e. The van der Waals surface area contributed by atoms with Gasteiger partial charge in [0.15, 0.2) is 5.67 Å². The van der Waals surface area contributed by atoms with Gasteiger partial charge in [-0.25, -0.2) is 4.39 Å². The maximum Gasteiger partial charge on any atom is 1.00 e. The molecular weight excluding hydrogens is 349 g/mol. The van der Waals surface area contributed by atoms with Crippen LogP contribution in [0, 0.1) is 23.7 Å². The summed E-state index contributed by atoms with van der Waals surface area (Å²) in [5.74, 6) is -1.22. The number of allylic oxidation sites excluding steroid dienone is 2. The molecule has 0 unspecified atom stereocenters. The molecule has 0 radical (unpaired) electrons. The molecule has 4 bridgehead atoms. The molecule has 4 saturated carbocycles. The summed E-state index contributed by atoms with van der Waals surface area (Å²) < 4.78 is 19.3. The zero-order valence-corrected chi connectivity index (χ0v) is 19.2. The standard InChI is InChI=1S/C17H23FO5.2Na/c1-9(23-3-2-17(18,15(19)20)16(21)22)14-12-5-10-4-11(7-12)8-13(14)6-10;;/h10-13H,2-8H2,1H3,(H,19,20)(H,21,22);;/q;2*+1/p-2. The Morgan fingerprint density at radius 2 is 1.48 bits per heavy atom. The van der Waals surface area contributed by atoms with Crippen molar-refractivity contribution in [1.82, 2.24) is 0 Å². The Kier molecular flexibility index (Phi) is 8.50. The van der Waals surface area contributed by atoms with E-state index < -0.39 is 24.0 Å². The second-order valence-electron chi connectivity index (χ2n) is 7.29. The second-order valence-corrected chi connectivity index (χ2v) is 7.29. The molecule has 0 aliphatic heterocycles. The van der Waals surface area contributed by atoms with Crippen molar-refractivity contribution in [2.75, 3.05) is 6.61 Å². The number of carbonyl (C=O) groups excluding carboxylic acids is 2. The van der Waals surface area contributed by atoms with Gasteiger partial charge in [0.25, 0.3) is 0 Å². The molecule has 0 aromatic rings. The second kappa shape index (κ2) is 9.07. The zero-order valence-electron chi connectivity index (χ0n) is 15.2. The molecule has 0 atom stereocenters. The number of ether oxygens (including phenoxy) is 1. The average molecular weight is 370 g/mol. The van der Waals surface area contributed by atoms with Gasteiger partial charge >= 0.3 is 59.1 Å². The van der Waals surface area contributed by atoms with Crippen LogP contribution >= 0.6 is 0 Å². The van der Waals surface area contributed by atoms with Crippen LogP contribution in [0.5, 0.6) is 0 Å². The molecule has 0 aromatic heterocycles. The molecule has 5 nitrogen and oxygen atoms in total. The normalized spacial score (nSPS) is 29.4. The Morgan fingerprint density at radius 3 is 1.88 bits per heavy atom. The SMILES string of the molecule is CC(OCCC(F)(C(=O)[O-])C(=O)[O-])=C1C2CC3CC(C2)CC1C3.[Na+].[Na+]. The molecule has 4 aliphatic rings. The van der Waals surface area contributed by atoms with E-state index in [0.717, 1.165) is 11.8 Å². The van der Waals surface area contributed by atoms with Gasteiger partial charge in [0.05, 0.1) is 24.3 Å². The van der Waals surface area contributed by atoms with E-state index in [1.807, 2.05) is 6.92 Å². The number of aliphatic carboxylic acids is 2. The van der Waals surface area contributed by atoms with Crippen molar-refractivity contribution < 1.29 is 88.0 Å². The van der Waals surface area contributed by atoms with Crippen LogP contribution in [-0.2, 0) is 14.3 Å². The summed E-state index contributed by atoms with van der Waals surface area (Å²) in [6.45, 7) is 1.50. The molecule has 0 N–H and O–H groups in total. The minimum Gasteiger partial charge on any atom is -0.546 e. The van der Waals surface area contributed by atoms with E-state index >= 15 is 0 Å². The van der Waals surface area contributed by atoms with Crippen LogP contribution in [0.3, 0.4) is 0 Å². The van der Waals surface area contributed by atoms with E-state index in [4.69, 9.17) is 4.74 Å². The number of carboxylic acids is 2. The fourth-order valence-electron chi connectivity index (χ4n) is 4.98. The minimum atomic E-state index is -3.50. The summed E-state index contributed by atoms with van der Waals surface area (Å²) in [6.07, 6.45) is 5.22. The monoisotopic (exact) mass is 370 g/mol. The van der Waals surface area contributed by atoms with Crippen LogP contribution in [0.25, 0.3) is 0 Å². The number of alkyl halides is 1. The van der Waals surface area contributed by atoms with Crippen molar-refractivity contribution in [2.45, 2.75) is 51.1 Å². The van der Waals surface area contributed by atoms with E-state index in [1.54, 1.807) is 0 Å². The summed E-state index contributed by atoms with van der Waals surface area (Å²) >= 11 is 0. The van der Waals surface area contributed by atoms with Crippen LogP contribution in [-0.4, -0.2) is 24.2 Å². The van der Waals surface area contributed by atoms with Crippen LogP contribution < -0.4 is 69.3 Å². The van der Waals surface area contributed by atoms with Crippen molar-refractivity contribution in [3.05, 3.63) is 11.3 Å². The molecule has 0 spiro atoms. The van der Waals surface area contributed by atoms with Gasteiger partial charge in [0.1, 0.15) is 0 Å². The molecule has 0 saturated heterocycles. The van der Waals surface area contributed by atoms with Gasteiger partial charge < -0.3 is 24.5 Å². The number of rotatable bonds is 6. The Hall–Kier alpha value is 0.410. The predicted octanol–water partition coefficient (Wildman–Crippen LogP) is -5.66. The zero-order chi connectivity index (χ0) is 16.8. The van der Waals surface area contributed by atoms with Crippen LogP contribution in [0.1, 0.15) is 45.4 Å². The third kappa shape index (κ3) is 4.64. The van der Waals surface area contributed by atoms with Gasteiger partial charge in [0, 0.05) is 6.42 Å². The van der Waals surface area contributed by atoms with E-state index in [0.29, 0.717) is 17.6 Å². The van der Waals surface area contributed by atoms with Crippen molar-refractivity contribution in [1.29, 1.82) is 0 Å². The average Bonchev–Trinajstić information content (AvgIpc) is 2.45. The van der Waals surface area contributed by atoms with Crippen molar-refractivity contribution in [3.8, 4) is 0 Å².